The van der Waals surface area contributed by atoms with Crippen LogP contribution in [0.5, 0.6) is 0 Å². The Kier molecular flexibility index (Phi) is 4.76. The van der Waals surface area contributed by atoms with Crippen molar-refractivity contribution in [3.05, 3.63) is 57.1 Å². The summed E-state index contributed by atoms with van der Waals surface area (Å²) in [5, 5.41) is 13.3. The van der Waals surface area contributed by atoms with Crippen LogP contribution >= 0.6 is 23.2 Å². The van der Waals surface area contributed by atoms with E-state index in [0.717, 1.165) is 16.8 Å². The van der Waals surface area contributed by atoms with Crippen LogP contribution < -0.4 is 5.32 Å². The Hall–Kier alpha value is -1.71. The van der Waals surface area contributed by atoms with Crippen LogP contribution in [-0.4, -0.2) is 11.1 Å². The van der Waals surface area contributed by atoms with Gasteiger partial charge in [-0.25, -0.2) is 0 Å². The molecule has 0 fully saturated rings. The quantitative estimate of drug-likeness (QED) is 0.834. The Morgan fingerprint density at radius 2 is 1.81 bits per heavy atom. The topological polar surface area (TPSA) is 49.3 Å². The molecule has 0 aliphatic rings. The fraction of sp³-hybridized carbons (Fsp3) is 0.188. The lowest BCUT2D eigenvalue weighted by Crippen LogP contribution is -2.04. The number of rotatable bonds is 4. The highest BCUT2D eigenvalue weighted by Gasteiger charge is 2.11. The van der Waals surface area contributed by atoms with E-state index in [2.05, 4.69) is 5.32 Å². The first-order valence-corrected chi connectivity index (χ1v) is 7.17. The Morgan fingerprint density at radius 1 is 1.14 bits per heavy atom. The van der Waals surface area contributed by atoms with Crippen LogP contribution in [0.3, 0.4) is 0 Å². The van der Waals surface area contributed by atoms with Gasteiger partial charge in [-0.05, 0) is 43.2 Å². The number of benzene rings is 2. The van der Waals surface area contributed by atoms with E-state index in [-0.39, 0.29) is 6.42 Å². The first-order chi connectivity index (χ1) is 9.88. The predicted molar refractivity (Wildman–Crippen MR) is 87.0 cm³/mol. The number of halogens is 2. The van der Waals surface area contributed by atoms with E-state index in [1.807, 2.05) is 32.0 Å². The van der Waals surface area contributed by atoms with Gasteiger partial charge in [-0.2, -0.15) is 0 Å². The molecule has 3 nitrogen and oxygen atoms in total. The maximum atomic E-state index is 11.0. The van der Waals surface area contributed by atoms with E-state index in [4.69, 9.17) is 28.3 Å². The van der Waals surface area contributed by atoms with Crippen LogP contribution in [0.2, 0.25) is 10.0 Å². The Morgan fingerprint density at radius 3 is 2.48 bits per heavy atom. The summed E-state index contributed by atoms with van der Waals surface area (Å²) in [7, 11) is 0. The van der Waals surface area contributed by atoms with Crippen molar-refractivity contribution in [1.82, 2.24) is 0 Å². The summed E-state index contributed by atoms with van der Waals surface area (Å²) in [6.07, 6.45) is -0.0474. The molecule has 0 radical (unpaired) electrons. The fourth-order valence-corrected chi connectivity index (χ4v) is 2.47. The van der Waals surface area contributed by atoms with Crippen molar-refractivity contribution >= 4 is 40.5 Å². The Balaban J connectivity index is 2.40. The molecular weight excluding hydrogens is 309 g/mol. The number of carboxylic acids is 1. The molecule has 5 heteroatoms. The van der Waals surface area contributed by atoms with E-state index in [9.17, 15) is 4.79 Å². The molecule has 0 aliphatic carbocycles. The minimum absolute atomic E-state index is 0.0474. The van der Waals surface area contributed by atoms with Gasteiger partial charge in [0.05, 0.1) is 17.1 Å². The zero-order valence-corrected chi connectivity index (χ0v) is 13.2. The molecule has 2 aromatic carbocycles. The smallest absolute Gasteiger partial charge is 0.307 e. The van der Waals surface area contributed by atoms with Crippen molar-refractivity contribution in [3.63, 3.8) is 0 Å². The molecule has 0 amide bonds. The van der Waals surface area contributed by atoms with Gasteiger partial charge in [-0.3, -0.25) is 4.79 Å². The second-order valence-electron chi connectivity index (χ2n) is 4.89. The summed E-state index contributed by atoms with van der Waals surface area (Å²) >= 11 is 12.3. The van der Waals surface area contributed by atoms with Gasteiger partial charge in [0.1, 0.15) is 0 Å². The average molecular weight is 324 g/mol. The molecule has 0 saturated carbocycles. The second-order valence-corrected chi connectivity index (χ2v) is 5.68. The SMILES string of the molecule is Cc1ccc(Nc2ccc(Cl)c(C)c2Cl)c(CC(=O)O)c1. The van der Waals surface area contributed by atoms with Crippen LogP contribution in [0.15, 0.2) is 30.3 Å². The van der Waals surface area contributed by atoms with Crippen molar-refractivity contribution in [3.8, 4) is 0 Å². The van der Waals surface area contributed by atoms with Gasteiger partial charge in [0.15, 0.2) is 0 Å². The molecule has 0 unspecified atom stereocenters. The molecule has 0 heterocycles. The van der Waals surface area contributed by atoms with Crippen molar-refractivity contribution in [2.45, 2.75) is 20.3 Å². The molecule has 2 rings (SSSR count). The number of nitrogens with one attached hydrogen (secondary N) is 1. The van der Waals surface area contributed by atoms with Crippen LogP contribution in [0.4, 0.5) is 11.4 Å². The van der Waals surface area contributed by atoms with E-state index < -0.39 is 5.97 Å². The zero-order chi connectivity index (χ0) is 15.6. The molecule has 0 atom stereocenters. The molecule has 0 aromatic heterocycles. The highest BCUT2D eigenvalue weighted by atomic mass is 35.5. The third-order valence-corrected chi connectivity index (χ3v) is 4.09. The highest BCUT2D eigenvalue weighted by Crippen LogP contribution is 2.33. The Labute approximate surface area is 133 Å². The van der Waals surface area contributed by atoms with Crippen molar-refractivity contribution in [2.75, 3.05) is 5.32 Å². The molecule has 0 spiro atoms. The van der Waals surface area contributed by atoms with Gasteiger partial charge < -0.3 is 10.4 Å². The van der Waals surface area contributed by atoms with Gasteiger partial charge in [-0.15, -0.1) is 0 Å². The number of carbonyl (C=O) groups is 1. The molecule has 2 N–H and O–H groups in total. The second kappa shape index (κ2) is 6.37. The highest BCUT2D eigenvalue weighted by molar-refractivity contribution is 6.37. The van der Waals surface area contributed by atoms with Gasteiger partial charge in [0, 0.05) is 10.7 Å². The van der Waals surface area contributed by atoms with Crippen LogP contribution in [-0.2, 0) is 11.2 Å². The first kappa shape index (κ1) is 15.7. The molecule has 0 aliphatic heterocycles. The number of hydrogen-bond donors (Lipinski definition) is 2. The largest absolute Gasteiger partial charge is 0.481 e. The number of aliphatic carboxylic acids is 1. The van der Waals surface area contributed by atoms with E-state index in [1.165, 1.54) is 0 Å². The number of carboxylic acid groups (broad SMARTS) is 1. The molecule has 110 valence electrons. The lowest BCUT2D eigenvalue weighted by Gasteiger charge is -2.14. The predicted octanol–water partition coefficient (Wildman–Crippen LogP) is 4.98. The van der Waals surface area contributed by atoms with Crippen molar-refractivity contribution in [1.29, 1.82) is 0 Å². The van der Waals surface area contributed by atoms with Crippen LogP contribution in [0.25, 0.3) is 0 Å². The Bertz CT molecular complexity index is 699. The number of hydrogen-bond acceptors (Lipinski definition) is 2. The summed E-state index contributed by atoms with van der Waals surface area (Å²) in [6.45, 7) is 3.76. The monoisotopic (exact) mass is 323 g/mol. The lowest BCUT2D eigenvalue weighted by molar-refractivity contribution is -0.136. The number of anilines is 2. The van der Waals surface area contributed by atoms with Crippen molar-refractivity contribution in [2.24, 2.45) is 0 Å². The molecule has 2 aromatic rings. The van der Waals surface area contributed by atoms with E-state index in [1.54, 1.807) is 12.1 Å². The normalized spacial score (nSPS) is 10.5. The maximum absolute atomic E-state index is 11.0. The van der Waals surface area contributed by atoms with Gasteiger partial charge in [0.25, 0.3) is 0 Å². The molecule has 0 bridgehead atoms. The summed E-state index contributed by atoms with van der Waals surface area (Å²) in [4.78, 5) is 11.0. The summed E-state index contributed by atoms with van der Waals surface area (Å²) in [6, 6.07) is 9.17. The average Bonchev–Trinajstić information content (AvgIpc) is 2.41. The third kappa shape index (κ3) is 3.69. The maximum Gasteiger partial charge on any atom is 0.307 e. The fourth-order valence-electron chi connectivity index (χ4n) is 2.06. The van der Waals surface area contributed by atoms with E-state index in [0.29, 0.717) is 21.3 Å². The standard InChI is InChI=1S/C16H15Cl2NO2/c1-9-3-5-13(11(7-9)8-15(20)21)19-14-6-4-12(17)10(2)16(14)18/h3-7,19H,8H2,1-2H3,(H,20,21). The summed E-state index contributed by atoms with van der Waals surface area (Å²) in [5.74, 6) is -0.873. The minimum atomic E-state index is -0.873. The molecule has 21 heavy (non-hydrogen) atoms. The third-order valence-electron chi connectivity index (χ3n) is 3.19. The first-order valence-electron chi connectivity index (χ1n) is 6.41. The van der Waals surface area contributed by atoms with Gasteiger partial charge in [0.2, 0.25) is 0 Å². The summed E-state index contributed by atoms with van der Waals surface area (Å²) in [5.41, 5.74) is 3.94. The van der Waals surface area contributed by atoms with Gasteiger partial charge >= 0.3 is 5.97 Å². The van der Waals surface area contributed by atoms with Crippen LogP contribution in [0, 0.1) is 13.8 Å². The van der Waals surface area contributed by atoms with E-state index >= 15 is 0 Å². The number of aryl methyl sites for hydroxylation is 1. The zero-order valence-electron chi connectivity index (χ0n) is 11.7. The van der Waals surface area contributed by atoms with Crippen molar-refractivity contribution < 1.29 is 9.90 Å². The molecular formula is C16H15Cl2NO2. The van der Waals surface area contributed by atoms with Gasteiger partial charge in [-0.1, -0.05) is 40.9 Å². The minimum Gasteiger partial charge on any atom is -0.481 e. The molecule has 0 saturated heterocycles. The summed E-state index contributed by atoms with van der Waals surface area (Å²) < 4.78 is 0. The lowest BCUT2D eigenvalue weighted by atomic mass is 10.1. The van der Waals surface area contributed by atoms with Crippen LogP contribution in [0.1, 0.15) is 16.7 Å².